The molecule has 0 atom stereocenters. The van der Waals surface area contributed by atoms with E-state index in [0.29, 0.717) is 19.2 Å². The molecule has 0 bridgehead atoms. The Morgan fingerprint density at radius 2 is 2.15 bits per heavy atom. The van der Waals surface area contributed by atoms with Crippen LogP contribution in [-0.2, 0) is 16.6 Å². The van der Waals surface area contributed by atoms with E-state index in [9.17, 15) is 4.79 Å². The highest BCUT2D eigenvalue weighted by molar-refractivity contribution is 14.0. The molecular weight excluding hydrogens is 459 g/mol. The lowest BCUT2D eigenvalue weighted by atomic mass is 10.3. The maximum absolute atomic E-state index is 12.5. The lowest BCUT2D eigenvalue weighted by Crippen LogP contribution is -2.55. The number of aromatic nitrogens is 2. The fraction of sp³-hybridized carbons (Fsp3) is 0.722. The van der Waals surface area contributed by atoms with Crippen molar-refractivity contribution in [2.24, 2.45) is 12.0 Å². The Morgan fingerprint density at radius 1 is 1.37 bits per heavy atom. The topological polar surface area (TPSA) is 75.0 Å². The lowest BCUT2D eigenvalue weighted by Gasteiger charge is -2.35. The van der Waals surface area contributed by atoms with Gasteiger partial charge >= 0.3 is 0 Å². The highest BCUT2D eigenvalue weighted by Crippen LogP contribution is 2.20. The average molecular weight is 490 g/mol. The fourth-order valence-corrected chi connectivity index (χ4v) is 3.58. The SMILES string of the molecule is CN=C(NCCCOC1CCCC1)N1CCN(c2cnn(C)c2)C(=O)C1.I. The molecule has 1 aromatic heterocycles. The van der Waals surface area contributed by atoms with Gasteiger partial charge in [-0.3, -0.25) is 14.5 Å². The molecule has 8 nitrogen and oxygen atoms in total. The number of hydrogen-bond acceptors (Lipinski definition) is 4. The van der Waals surface area contributed by atoms with Crippen LogP contribution in [0.4, 0.5) is 5.69 Å². The summed E-state index contributed by atoms with van der Waals surface area (Å²) >= 11 is 0. The molecule has 2 fully saturated rings. The Labute approximate surface area is 178 Å². The van der Waals surface area contributed by atoms with Crippen LogP contribution in [0.25, 0.3) is 0 Å². The normalized spacial score (nSPS) is 18.7. The smallest absolute Gasteiger partial charge is 0.246 e. The van der Waals surface area contributed by atoms with Crippen LogP contribution in [0.5, 0.6) is 0 Å². The minimum absolute atomic E-state index is 0. The van der Waals surface area contributed by atoms with Crippen LogP contribution in [0.2, 0.25) is 0 Å². The molecule has 0 unspecified atom stereocenters. The van der Waals surface area contributed by atoms with Crippen molar-refractivity contribution in [2.45, 2.75) is 38.2 Å². The maximum atomic E-state index is 12.5. The molecule has 3 rings (SSSR count). The van der Waals surface area contributed by atoms with Gasteiger partial charge in [-0.15, -0.1) is 24.0 Å². The number of nitrogens with one attached hydrogen (secondary N) is 1. The molecule has 1 aliphatic carbocycles. The van der Waals surface area contributed by atoms with Crippen LogP contribution >= 0.6 is 24.0 Å². The Balaban J connectivity index is 0.00000261. The number of aliphatic imine (C=N–C) groups is 1. The molecule has 27 heavy (non-hydrogen) atoms. The van der Waals surface area contributed by atoms with Crippen molar-refractivity contribution >= 4 is 41.5 Å². The van der Waals surface area contributed by atoms with Gasteiger partial charge in [0.25, 0.3) is 0 Å². The van der Waals surface area contributed by atoms with Gasteiger partial charge in [-0.05, 0) is 19.3 Å². The third-order valence-electron chi connectivity index (χ3n) is 4.99. The number of ether oxygens (including phenoxy) is 1. The number of amides is 1. The zero-order valence-corrected chi connectivity index (χ0v) is 18.6. The molecule has 0 radical (unpaired) electrons. The maximum Gasteiger partial charge on any atom is 0.246 e. The van der Waals surface area contributed by atoms with E-state index in [1.165, 1.54) is 25.7 Å². The number of aryl methyl sites for hydroxylation is 1. The molecule has 0 aromatic carbocycles. The van der Waals surface area contributed by atoms with Gasteiger partial charge in [-0.2, -0.15) is 5.10 Å². The monoisotopic (exact) mass is 490 g/mol. The molecule has 0 spiro atoms. The summed E-state index contributed by atoms with van der Waals surface area (Å²) in [6.07, 6.45) is 10.0. The summed E-state index contributed by atoms with van der Waals surface area (Å²) in [6.45, 7) is 3.29. The molecule has 1 saturated carbocycles. The highest BCUT2D eigenvalue weighted by Gasteiger charge is 2.27. The second-order valence-corrected chi connectivity index (χ2v) is 6.94. The van der Waals surface area contributed by atoms with Crippen LogP contribution in [0.3, 0.4) is 0 Å². The van der Waals surface area contributed by atoms with Crippen LogP contribution in [0, 0.1) is 0 Å². The van der Waals surface area contributed by atoms with Gasteiger partial charge in [0.1, 0.15) is 6.54 Å². The van der Waals surface area contributed by atoms with Crippen molar-refractivity contribution in [1.29, 1.82) is 0 Å². The summed E-state index contributed by atoms with van der Waals surface area (Å²) in [5.41, 5.74) is 0.851. The third kappa shape index (κ3) is 6.06. The Morgan fingerprint density at radius 3 is 2.78 bits per heavy atom. The zero-order chi connectivity index (χ0) is 18.4. The minimum Gasteiger partial charge on any atom is -0.378 e. The molecule has 2 aliphatic rings. The zero-order valence-electron chi connectivity index (χ0n) is 16.3. The van der Waals surface area contributed by atoms with Crippen molar-refractivity contribution in [3.8, 4) is 0 Å². The second-order valence-electron chi connectivity index (χ2n) is 6.94. The molecule has 2 heterocycles. The molecule has 1 aliphatic heterocycles. The first-order valence-corrected chi connectivity index (χ1v) is 9.53. The van der Waals surface area contributed by atoms with Gasteiger partial charge in [0.15, 0.2) is 5.96 Å². The number of carbonyl (C=O) groups is 1. The van der Waals surface area contributed by atoms with Crippen molar-refractivity contribution in [3.63, 3.8) is 0 Å². The molecule has 152 valence electrons. The van der Waals surface area contributed by atoms with E-state index >= 15 is 0 Å². The van der Waals surface area contributed by atoms with Crippen LogP contribution in [0.15, 0.2) is 17.4 Å². The number of rotatable bonds is 6. The van der Waals surface area contributed by atoms with Gasteiger partial charge in [-0.1, -0.05) is 12.8 Å². The van der Waals surface area contributed by atoms with E-state index in [-0.39, 0.29) is 29.9 Å². The quantitative estimate of drug-likeness (QED) is 0.284. The van der Waals surface area contributed by atoms with E-state index in [1.54, 1.807) is 22.8 Å². The van der Waals surface area contributed by atoms with E-state index in [1.807, 2.05) is 18.1 Å². The van der Waals surface area contributed by atoms with Gasteiger partial charge < -0.3 is 19.9 Å². The largest absolute Gasteiger partial charge is 0.378 e. The third-order valence-corrected chi connectivity index (χ3v) is 4.99. The summed E-state index contributed by atoms with van der Waals surface area (Å²) in [5.74, 6) is 0.849. The Hall–Kier alpha value is -1.36. The van der Waals surface area contributed by atoms with E-state index < -0.39 is 0 Å². The van der Waals surface area contributed by atoms with Crippen molar-refractivity contribution in [1.82, 2.24) is 20.0 Å². The van der Waals surface area contributed by atoms with E-state index in [0.717, 1.165) is 37.8 Å². The predicted molar refractivity (Wildman–Crippen MR) is 117 cm³/mol. The molecule has 1 N–H and O–H groups in total. The van der Waals surface area contributed by atoms with Crippen molar-refractivity contribution in [3.05, 3.63) is 12.4 Å². The number of hydrogen-bond donors (Lipinski definition) is 1. The fourth-order valence-electron chi connectivity index (χ4n) is 3.58. The standard InChI is InChI=1S/C18H30N6O2.HI/c1-19-18(20-8-5-11-26-16-6-3-4-7-16)23-9-10-24(17(25)14-23)15-12-21-22(2)13-15;/h12-13,16H,3-11,14H2,1-2H3,(H,19,20);1H. The number of halogens is 1. The van der Waals surface area contributed by atoms with Gasteiger partial charge in [0.05, 0.1) is 18.0 Å². The summed E-state index contributed by atoms with van der Waals surface area (Å²) in [5, 5.41) is 7.50. The van der Waals surface area contributed by atoms with Crippen LogP contribution < -0.4 is 10.2 Å². The van der Waals surface area contributed by atoms with E-state index in [4.69, 9.17) is 4.74 Å². The minimum atomic E-state index is 0. The van der Waals surface area contributed by atoms with Gasteiger partial charge in [0, 0.05) is 46.5 Å². The summed E-state index contributed by atoms with van der Waals surface area (Å²) in [6, 6.07) is 0. The van der Waals surface area contributed by atoms with Gasteiger partial charge in [-0.25, -0.2) is 0 Å². The second kappa shape index (κ2) is 10.8. The van der Waals surface area contributed by atoms with Gasteiger partial charge in [0.2, 0.25) is 5.91 Å². The first kappa shape index (κ1) is 21.9. The lowest BCUT2D eigenvalue weighted by molar-refractivity contribution is -0.120. The predicted octanol–water partition coefficient (Wildman–Crippen LogP) is 1.61. The summed E-state index contributed by atoms with van der Waals surface area (Å²) in [4.78, 5) is 20.6. The number of carbonyl (C=O) groups excluding carboxylic acids is 1. The molecule has 1 saturated heterocycles. The number of nitrogens with zero attached hydrogens (tertiary/aromatic N) is 5. The van der Waals surface area contributed by atoms with Crippen molar-refractivity contribution in [2.75, 3.05) is 44.7 Å². The van der Waals surface area contributed by atoms with E-state index in [2.05, 4.69) is 15.4 Å². The van der Waals surface area contributed by atoms with Crippen LogP contribution in [-0.4, -0.2) is 72.5 Å². The first-order chi connectivity index (χ1) is 12.7. The van der Waals surface area contributed by atoms with Crippen LogP contribution in [0.1, 0.15) is 32.1 Å². The average Bonchev–Trinajstić information content (AvgIpc) is 3.30. The molecule has 9 heteroatoms. The Kier molecular flexibility index (Phi) is 8.81. The molecule has 1 amide bonds. The summed E-state index contributed by atoms with van der Waals surface area (Å²) in [7, 11) is 3.61. The molecular formula is C18H31IN6O2. The number of piperazine rings is 1. The molecule has 1 aromatic rings. The summed E-state index contributed by atoms with van der Waals surface area (Å²) < 4.78 is 7.60. The number of anilines is 1. The highest BCUT2D eigenvalue weighted by atomic mass is 127. The first-order valence-electron chi connectivity index (χ1n) is 9.53. The Bertz CT molecular complexity index is 629. The van der Waals surface area contributed by atoms with Crippen molar-refractivity contribution < 1.29 is 9.53 Å². The number of guanidine groups is 1.